The molecule has 4 saturated heterocycles. The molecular formula is C22H26N2O4. The van der Waals surface area contributed by atoms with E-state index in [1.165, 1.54) is 29.3 Å². The number of carbonyl (C=O) groups excluding carboxylic acids is 1. The first-order valence-corrected chi connectivity index (χ1v) is 10.2. The van der Waals surface area contributed by atoms with Crippen LogP contribution < -0.4 is 0 Å². The van der Waals surface area contributed by atoms with Gasteiger partial charge >= 0.3 is 5.97 Å². The zero-order chi connectivity index (χ0) is 19.4. The molecule has 1 N–H and O–H groups in total. The zero-order valence-electron chi connectivity index (χ0n) is 16.5. The van der Waals surface area contributed by atoms with Gasteiger partial charge in [-0.15, -0.1) is 0 Å². The highest BCUT2D eigenvalue weighted by molar-refractivity contribution is 5.87. The molecule has 1 aromatic heterocycles. The van der Waals surface area contributed by atoms with Crippen LogP contribution in [0.25, 0.3) is 10.9 Å². The van der Waals surface area contributed by atoms with E-state index in [2.05, 4.69) is 40.8 Å². The van der Waals surface area contributed by atoms with E-state index in [-0.39, 0.29) is 36.5 Å². The fourth-order valence-electron chi connectivity index (χ4n) is 7.03. The summed E-state index contributed by atoms with van der Waals surface area (Å²) in [6.07, 6.45) is 1.67. The smallest absolute Gasteiger partial charge is 0.316 e. The Labute approximate surface area is 164 Å². The number of hydrogen-bond acceptors (Lipinski definition) is 5. The molecule has 1 unspecified atom stereocenters. The third-order valence-corrected chi connectivity index (χ3v) is 8.26. The van der Waals surface area contributed by atoms with E-state index in [4.69, 9.17) is 9.47 Å². The summed E-state index contributed by atoms with van der Waals surface area (Å²) >= 11 is 0. The van der Waals surface area contributed by atoms with Crippen molar-refractivity contribution in [2.75, 3.05) is 20.3 Å². The van der Waals surface area contributed by atoms with Gasteiger partial charge in [-0.05, 0) is 37.3 Å². The van der Waals surface area contributed by atoms with Gasteiger partial charge in [0, 0.05) is 42.1 Å². The number of carbonyl (C=O) groups is 1. The number of piperidine rings is 3. The van der Waals surface area contributed by atoms with Gasteiger partial charge in [0.2, 0.25) is 0 Å². The Hall–Kier alpha value is -1.89. The fraction of sp³-hybridized carbons (Fsp3) is 0.591. The second-order valence-corrected chi connectivity index (χ2v) is 9.20. The number of aryl methyl sites for hydroxylation is 1. The summed E-state index contributed by atoms with van der Waals surface area (Å²) in [6.45, 7) is 2.73. The second kappa shape index (κ2) is 5.17. The lowest BCUT2D eigenvalue weighted by Gasteiger charge is -2.68. The maximum atomic E-state index is 13.2. The van der Waals surface area contributed by atoms with Crippen molar-refractivity contribution in [1.82, 2.24) is 9.47 Å². The number of para-hydroxylation sites is 1. The topological polar surface area (TPSA) is 63.9 Å². The van der Waals surface area contributed by atoms with Crippen LogP contribution in [0.4, 0.5) is 0 Å². The Bertz CT molecular complexity index is 1010. The SMILES string of the molecule is COC(=O)[C@]12CO[C@](C)(O)[C@@H]3CN4[C@H]1Cc1c(n(C)c5ccccc15)[C@@H]4C[C@@H]32. The molecule has 1 aromatic carbocycles. The molecule has 5 aliphatic heterocycles. The largest absolute Gasteiger partial charge is 0.468 e. The molecule has 5 aliphatic rings. The summed E-state index contributed by atoms with van der Waals surface area (Å²) < 4.78 is 13.6. The molecule has 7 atom stereocenters. The first-order chi connectivity index (χ1) is 13.4. The van der Waals surface area contributed by atoms with E-state index in [0.717, 1.165) is 19.4 Å². The highest BCUT2D eigenvalue weighted by Crippen LogP contribution is 2.64. The lowest BCUT2D eigenvalue weighted by molar-refractivity contribution is -0.341. The van der Waals surface area contributed by atoms with Gasteiger partial charge in [-0.25, -0.2) is 0 Å². The number of methoxy groups -OCH3 is 1. The fourth-order valence-corrected chi connectivity index (χ4v) is 7.03. The summed E-state index contributed by atoms with van der Waals surface area (Å²) in [5.41, 5.74) is 3.28. The number of aromatic nitrogens is 1. The Kier molecular flexibility index (Phi) is 3.14. The van der Waals surface area contributed by atoms with E-state index in [1.54, 1.807) is 6.92 Å². The van der Waals surface area contributed by atoms with Gasteiger partial charge in [0.25, 0.3) is 0 Å². The number of ether oxygens (including phenoxy) is 2. The van der Waals surface area contributed by atoms with E-state index in [0.29, 0.717) is 0 Å². The van der Waals surface area contributed by atoms with Crippen LogP contribution >= 0.6 is 0 Å². The predicted octanol–water partition coefficient (Wildman–Crippen LogP) is 1.99. The van der Waals surface area contributed by atoms with Crippen molar-refractivity contribution in [3.05, 3.63) is 35.5 Å². The molecule has 6 heteroatoms. The van der Waals surface area contributed by atoms with Gasteiger partial charge in [0.1, 0.15) is 5.41 Å². The normalized spacial score (nSPS) is 43.1. The maximum Gasteiger partial charge on any atom is 0.316 e. The Morgan fingerprint density at radius 2 is 2.11 bits per heavy atom. The standard InChI is InChI=1S/C22H26N2O4/c1-21(26)15-10-24-17-9-14(15)22(11-28-21,20(25)27-3)18(24)8-13-12-6-4-5-7-16(12)23(2)19(13)17/h4-7,14-15,17-18,26H,8-11H2,1-3H3/t14-,15+,17-,18-,21-,22-/m0/s1. The molecule has 6 heterocycles. The van der Waals surface area contributed by atoms with Crippen LogP contribution in [-0.4, -0.2) is 52.6 Å². The molecular weight excluding hydrogens is 356 g/mol. The third kappa shape index (κ3) is 1.74. The Morgan fingerprint density at radius 1 is 1.32 bits per heavy atom. The van der Waals surface area contributed by atoms with E-state index in [9.17, 15) is 9.90 Å². The monoisotopic (exact) mass is 382 g/mol. The Balaban J connectivity index is 1.58. The van der Waals surface area contributed by atoms with Crippen LogP contribution in [-0.2, 0) is 27.7 Å². The van der Waals surface area contributed by atoms with Crippen LogP contribution in [0.3, 0.4) is 0 Å². The number of aliphatic hydroxyl groups is 1. The number of esters is 1. The second-order valence-electron chi connectivity index (χ2n) is 9.20. The van der Waals surface area contributed by atoms with Crippen molar-refractivity contribution < 1.29 is 19.4 Å². The van der Waals surface area contributed by atoms with Gasteiger partial charge < -0.3 is 19.1 Å². The summed E-state index contributed by atoms with van der Waals surface area (Å²) in [5, 5.41) is 12.2. The van der Waals surface area contributed by atoms with E-state index in [1.807, 2.05) is 0 Å². The van der Waals surface area contributed by atoms with Gasteiger partial charge in [-0.1, -0.05) is 18.2 Å². The summed E-state index contributed by atoms with van der Waals surface area (Å²) in [6, 6.07) is 8.87. The number of hydrogen-bond donors (Lipinski definition) is 1. The van der Waals surface area contributed by atoms with Gasteiger partial charge in [-0.2, -0.15) is 0 Å². The number of nitrogens with zero attached hydrogens (tertiary/aromatic N) is 2. The minimum absolute atomic E-state index is 0.0503. The highest BCUT2D eigenvalue weighted by atomic mass is 16.6. The average Bonchev–Trinajstić information content (AvgIpc) is 2.98. The van der Waals surface area contributed by atoms with Gasteiger partial charge in [0.05, 0.1) is 19.8 Å². The van der Waals surface area contributed by atoms with Crippen LogP contribution in [0.2, 0.25) is 0 Å². The first-order valence-electron chi connectivity index (χ1n) is 10.2. The lowest BCUT2D eigenvalue weighted by Crippen LogP contribution is -2.77. The molecule has 0 saturated carbocycles. The zero-order valence-corrected chi connectivity index (χ0v) is 16.5. The van der Waals surface area contributed by atoms with Gasteiger partial charge in [0.15, 0.2) is 5.79 Å². The Morgan fingerprint density at radius 3 is 2.89 bits per heavy atom. The molecule has 0 amide bonds. The van der Waals surface area contributed by atoms with Crippen molar-refractivity contribution in [2.45, 2.75) is 37.6 Å². The molecule has 4 fully saturated rings. The molecule has 0 spiro atoms. The van der Waals surface area contributed by atoms with E-state index < -0.39 is 11.2 Å². The van der Waals surface area contributed by atoms with Crippen molar-refractivity contribution in [3.63, 3.8) is 0 Å². The molecule has 7 rings (SSSR count). The quantitative estimate of drug-likeness (QED) is 0.765. The summed E-state index contributed by atoms with van der Waals surface area (Å²) in [4.78, 5) is 15.6. The van der Waals surface area contributed by atoms with Crippen molar-refractivity contribution in [3.8, 4) is 0 Å². The molecule has 2 aromatic rings. The first kappa shape index (κ1) is 17.0. The summed E-state index contributed by atoms with van der Waals surface area (Å²) in [5.74, 6) is -1.40. The molecule has 0 aliphatic carbocycles. The number of fused-ring (bicyclic) bond motifs is 3. The van der Waals surface area contributed by atoms with Gasteiger partial charge in [-0.3, -0.25) is 9.69 Å². The van der Waals surface area contributed by atoms with Crippen molar-refractivity contribution in [2.24, 2.45) is 24.3 Å². The molecule has 6 nitrogen and oxygen atoms in total. The maximum absolute atomic E-state index is 13.2. The molecule has 28 heavy (non-hydrogen) atoms. The summed E-state index contributed by atoms with van der Waals surface area (Å²) in [7, 11) is 3.63. The third-order valence-electron chi connectivity index (χ3n) is 8.26. The highest BCUT2D eigenvalue weighted by Gasteiger charge is 2.71. The lowest BCUT2D eigenvalue weighted by atomic mass is 9.51. The molecule has 0 radical (unpaired) electrons. The van der Waals surface area contributed by atoms with E-state index >= 15 is 0 Å². The van der Waals surface area contributed by atoms with Crippen LogP contribution in [0.15, 0.2) is 24.3 Å². The molecule has 6 bridgehead atoms. The predicted molar refractivity (Wildman–Crippen MR) is 102 cm³/mol. The van der Waals surface area contributed by atoms with Crippen LogP contribution in [0.5, 0.6) is 0 Å². The minimum Gasteiger partial charge on any atom is -0.468 e. The van der Waals surface area contributed by atoms with Crippen LogP contribution in [0, 0.1) is 17.3 Å². The van der Waals surface area contributed by atoms with Crippen molar-refractivity contribution in [1.29, 1.82) is 0 Å². The number of rotatable bonds is 1. The van der Waals surface area contributed by atoms with Crippen molar-refractivity contribution >= 4 is 16.9 Å². The molecule has 148 valence electrons. The average molecular weight is 382 g/mol. The number of benzene rings is 1. The van der Waals surface area contributed by atoms with Crippen LogP contribution in [0.1, 0.15) is 30.6 Å². The minimum atomic E-state index is -1.20.